The minimum Gasteiger partial charge on any atom is -0.497 e. The third-order valence-electron chi connectivity index (χ3n) is 6.77. The van der Waals surface area contributed by atoms with Crippen LogP contribution in [0.2, 0.25) is 0 Å². The van der Waals surface area contributed by atoms with E-state index < -0.39 is 4.92 Å². The number of nitro benzene ring substituents is 1. The van der Waals surface area contributed by atoms with E-state index in [-0.39, 0.29) is 17.8 Å². The first-order valence-electron chi connectivity index (χ1n) is 12.8. The van der Waals surface area contributed by atoms with Gasteiger partial charge >= 0.3 is 0 Å². The Hall–Kier alpha value is -5.22. The van der Waals surface area contributed by atoms with Gasteiger partial charge in [0.15, 0.2) is 5.11 Å². The quantitative estimate of drug-likeness (QED) is 0.119. The average Bonchev–Trinajstić information content (AvgIpc) is 3.63. The molecule has 1 saturated heterocycles. The molecule has 204 valence electrons. The van der Waals surface area contributed by atoms with E-state index in [0.29, 0.717) is 33.7 Å². The predicted octanol–water partition coefficient (Wildman–Crippen LogP) is 7.23. The SMILES string of the molecule is COc1ccc(Oc2ccc(N3C(=S)N[C@@H](c4ccccn4)[C@H]3c3ccc(-c4cccc([N+](=O)[O-])c4)o3)cc2)cc1. The highest BCUT2D eigenvalue weighted by Gasteiger charge is 2.42. The van der Waals surface area contributed by atoms with Crippen LogP contribution in [0.4, 0.5) is 11.4 Å². The maximum atomic E-state index is 11.3. The third-order valence-corrected chi connectivity index (χ3v) is 7.08. The molecule has 2 aromatic heterocycles. The van der Waals surface area contributed by atoms with Crippen molar-refractivity contribution in [2.45, 2.75) is 12.1 Å². The zero-order valence-corrected chi connectivity index (χ0v) is 22.7. The van der Waals surface area contributed by atoms with Crippen LogP contribution in [0.5, 0.6) is 17.2 Å². The minimum absolute atomic E-state index is 0.00546. The number of ether oxygens (including phenoxy) is 2. The second-order valence-corrected chi connectivity index (χ2v) is 9.66. The highest BCUT2D eigenvalue weighted by atomic mass is 32.1. The Labute approximate surface area is 241 Å². The largest absolute Gasteiger partial charge is 0.497 e. The Bertz CT molecular complexity index is 1690. The van der Waals surface area contributed by atoms with Crippen molar-refractivity contribution in [1.82, 2.24) is 10.3 Å². The zero-order chi connectivity index (χ0) is 28.3. The summed E-state index contributed by atoms with van der Waals surface area (Å²) in [6.45, 7) is 0. The summed E-state index contributed by atoms with van der Waals surface area (Å²) >= 11 is 5.81. The number of aromatic nitrogens is 1. The molecule has 6 rings (SSSR count). The van der Waals surface area contributed by atoms with Crippen LogP contribution in [0.25, 0.3) is 11.3 Å². The Balaban J connectivity index is 1.33. The van der Waals surface area contributed by atoms with E-state index in [0.717, 1.165) is 17.1 Å². The van der Waals surface area contributed by atoms with E-state index >= 15 is 0 Å². The molecule has 0 radical (unpaired) electrons. The monoisotopic (exact) mass is 564 g/mol. The lowest BCUT2D eigenvalue weighted by atomic mass is 10.0. The van der Waals surface area contributed by atoms with Gasteiger partial charge < -0.3 is 24.1 Å². The number of furan rings is 1. The average molecular weight is 565 g/mol. The molecule has 1 N–H and O–H groups in total. The molecule has 9 nitrogen and oxygen atoms in total. The van der Waals surface area contributed by atoms with Gasteiger partial charge in [0, 0.05) is 29.6 Å². The number of hydrogen-bond acceptors (Lipinski definition) is 7. The van der Waals surface area contributed by atoms with E-state index in [1.54, 1.807) is 25.4 Å². The van der Waals surface area contributed by atoms with Crippen LogP contribution in [-0.2, 0) is 0 Å². The van der Waals surface area contributed by atoms with E-state index in [2.05, 4.69) is 10.3 Å². The van der Waals surface area contributed by atoms with Crippen molar-refractivity contribution in [3.05, 3.63) is 131 Å². The predicted molar refractivity (Wildman–Crippen MR) is 158 cm³/mol. The van der Waals surface area contributed by atoms with Crippen molar-refractivity contribution in [1.29, 1.82) is 0 Å². The van der Waals surface area contributed by atoms with Crippen molar-refractivity contribution in [3.63, 3.8) is 0 Å². The molecule has 1 aliphatic rings. The molecule has 1 aliphatic heterocycles. The molecule has 3 aromatic carbocycles. The standard InChI is InChI=1S/C31H24N4O5S/c1-38-23-12-14-25(15-13-23)39-24-10-8-21(9-11-24)34-30(29(33-31(34)41)26-7-2-3-18-32-26)28-17-16-27(40-28)20-5-4-6-22(19-20)35(36)37/h2-19,29-30H,1H3,(H,33,41)/t29-,30+/m0/s1. The second kappa shape index (κ2) is 11.1. The highest BCUT2D eigenvalue weighted by Crippen LogP contribution is 2.43. The zero-order valence-electron chi connectivity index (χ0n) is 21.8. The summed E-state index contributed by atoms with van der Waals surface area (Å²) in [6, 6.07) is 30.1. The van der Waals surface area contributed by atoms with Crippen molar-refractivity contribution in [2.24, 2.45) is 0 Å². The normalized spacial score (nSPS) is 16.3. The Morgan fingerprint density at radius 1 is 0.927 bits per heavy atom. The molecule has 0 amide bonds. The van der Waals surface area contributed by atoms with E-state index in [1.807, 2.05) is 83.8 Å². The van der Waals surface area contributed by atoms with Gasteiger partial charge in [-0.1, -0.05) is 18.2 Å². The lowest BCUT2D eigenvalue weighted by Gasteiger charge is -2.26. The number of hydrogen-bond donors (Lipinski definition) is 1. The molecular formula is C31H24N4O5S. The number of non-ortho nitro benzene ring substituents is 1. The van der Waals surface area contributed by atoms with Crippen LogP contribution < -0.4 is 19.7 Å². The number of nitro groups is 1. The van der Waals surface area contributed by atoms with Crippen molar-refractivity contribution < 1.29 is 18.8 Å². The highest BCUT2D eigenvalue weighted by molar-refractivity contribution is 7.80. The number of methoxy groups -OCH3 is 1. The van der Waals surface area contributed by atoms with Crippen LogP contribution in [0.1, 0.15) is 23.5 Å². The molecule has 0 aliphatic carbocycles. The van der Waals surface area contributed by atoms with E-state index in [1.165, 1.54) is 12.1 Å². The molecule has 3 heterocycles. The van der Waals surface area contributed by atoms with Gasteiger partial charge in [0.1, 0.15) is 34.8 Å². The van der Waals surface area contributed by atoms with Crippen molar-refractivity contribution in [3.8, 4) is 28.6 Å². The summed E-state index contributed by atoms with van der Waals surface area (Å²) in [5.74, 6) is 3.26. The summed E-state index contributed by atoms with van der Waals surface area (Å²) in [4.78, 5) is 17.5. The smallest absolute Gasteiger partial charge is 0.270 e. The van der Waals surface area contributed by atoms with Crippen LogP contribution in [0, 0.1) is 10.1 Å². The van der Waals surface area contributed by atoms with Crippen LogP contribution in [0.3, 0.4) is 0 Å². The molecular weight excluding hydrogens is 540 g/mol. The van der Waals surface area contributed by atoms with Crippen molar-refractivity contribution in [2.75, 3.05) is 12.0 Å². The van der Waals surface area contributed by atoms with Crippen LogP contribution in [0.15, 0.2) is 114 Å². The molecule has 2 atom stereocenters. The fourth-order valence-corrected chi connectivity index (χ4v) is 5.16. The number of nitrogens with zero attached hydrogens (tertiary/aromatic N) is 3. The van der Waals surface area contributed by atoms with Gasteiger partial charge in [0.25, 0.3) is 5.69 Å². The van der Waals surface area contributed by atoms with E-state index in [4.69, 9.17) is 26.1 Å². The summed E-state index contributed by atoms with van der Waals surface area (Å²) < 4.78 is 17.6. The summed E-state index contributed by atoms with van der Waals surface area (Å²) in [7, 11) is 1.62. The molecule has 0 unspecified atom stereocenters. The molecule has 0 bridgehead atoms. The molecule has 0 saturated carbocycles. The van der Waals surface area contributed by atoms with Gasteiger partial charge in [-0.05, 0) is 85.0 Å². The maximum absolute atomic E-state index is 11.3. The Morgan fingerprint density at radius 3 is 2.34 bits per heavy atom. The topological polar surface area (TPSA) is 103 Å². The fraction of sp³-hybridized carbons (Fsp3) is 0.0968. The Kier molecular flexibility index (Phi) is 7.05. The van der Waals surface area contributed by atoms with Gasteiger partial charge in [0.05, 0.1) is 23.8 Å². The summed E-state index contributed by atoms with van der Waals surface area (Å²) in [5.41, 5.74) is 2.24. The van der Waals surface area contributed by atoms with Gasteiger partial charge in [-0.15, -0.1) is 0 Å². The lowest BCUT2D eigenvalue weighted by Crippen LogP contribution is -2.29. The lowest BCUT2D eigenvalue weighted by molar-refractivity contribution is -0.384. The third kappa shape index (κ3) is 5.32. The van der Waals surface area contributed by atoms with E-state index in [9.17, 15) is 10.1 Å². The molecule has 41 heavy (non-hydrogen) atoms. The fourth-order valence-electron chi connectivity index (χ4n) is 4.82. The van der Waals surface area contributed by atoms with Crippen molar-refractivity contribution >= 4 is 28.7 Å². The molecule has 0 spiro atoms. The van der Waals surface area contributed by atoms with Gasteiger partial charge in [0.2, 0.25) is 0 Å². The first kappa shape index (κ1) is 26.0. The number of anilines is 1. The van der Waals surface area contributed by atoms with Gasteiger partial charge in [-0.2, -0.15) is 0 Å². The molecule has 5 aromatic rings. The summed E-state index contributed by atoms with van der Waals surface area (Å²) in [6.07, 6.45) is 1.74. The number of nitrogens with one attached hydrogen (secondary N) is 1. The minimum atomic E-state index is -0.423. The van der Waals surface area contributed by atoms with Crippen LogP contribution in [-0.4, -0.2) is 22.1 Å². The summed E-state index contributed by atoms with van der Waals surface area (Å²) in [5, 5.41) is 15.2. The second-order valence-electron chi connectivity index (χ2n) is 9.28. The molecule has 1 fully saturated rings. The van der Waals surface area contributed by atoms with Gasteiger partial charge in [-0.3, -0.25) is 15.1 Å². The number of pyridine rings is 1. The maximum Gasteiger partial charge on any atom is 0.270 e. The number of rotatable bonds is 8. The van der Waals surface area contributed by atoms with Gasteiger partial charge in [-0.25, -0.2) is 0 Å². The first-order chi connectivity index (χ1) is 20.0. The Morgan fingerprint density at radius 2 is 1.66 bits per heavy atom. The van der Waals surface area contributed by atoms with Crippen LogP contribution >= 0.6 is 12.2 Å². The molecule has 10 heteroatoms. The number of thiocarbonyl (C=S) groups is 1. The first-order valence-corrected chi connectivity index (χ1v) is 13.2. The number of benzene rings is 3.